The fourth-order valence-electron chi connectivity index (χ4n) is 2.66. The Kier molecular flexibility index (Phi) is 2.86. The van der Waals surface area contributed by atoms with Crippen LogP contribution in [0.15, 0.2) is 36.7 Å². The topological polar surface area (TPSA) is 50.3 Å². The maximum absolute atomic E-state index is 12.2. The van der Waals surface area contributed by atoms with Crippen LogP contribution in [-0.4, -0.2) is 16.7 Å². The minimum Gasteiger partial charge on any atom is -0.300 e. The molecule has 20 heavy (non-hydrogen) atoms. The largest absolute Gasteiger partial charge is 0.300 e. The standard InChI is InChI=1S/C16H14N2O2/c1-10-6-11(2)14-13(7-10)15(19)16(20)18(14)9-12-4-3-5-17-8-12/h3-8H,9H2,1-2H3. The van der Waals surface area contributed by atoms with E-state index >= 15 is 0 Å². The van der Waals surface area contributed by atoms with E-state index < -0.39 is 11.7 Å². The number of hydrogen-bond donors (Lipinski definition) is 0. The van der Waals surface area contributed by atoms with Gasteiger partial charge in [-0.2, -0.15) is 0 Å². The number of hydrogen-bond acceptors (Lipinski definition) is 3. The molecule has 100 valence electrons. The van der Waals surface area contributed by atoms with Gasteiger partial charge in [0, 0.05) is 12.4 Å². The number of ketones is 1. The normalized spacial score (nSPS) is 13.8. The van der Waals surface area contributed by atoms with E-state index in [9.17, 15) is 9.59 Å². The lowest BCUT2D eigenvalue weighted by molar-refractivity contribution is -0.114. The molecule has 0 atom stereocenters. The van der Waals surface area contributed by atoms with Gasteiger partial charge in [-0.1, -0.05) is 12.1 Å². The van der Waals surface area contributed by atoms with Crippen LogP contribution in [0.2, 0.25) is 0 Å². The number of fused-ring (bicyclic) bond motifs is 1. The predicted molar refractivity (Wildman–Crippen MR) is 75.7 cm³/mol. The lowest BCUT2D eigenvalue weighted by atomic mass is 10.0. The second kappa shape index (κ2) is 4.56. The van der Waals surface area contributed by atoms with Crippen molar-refractivity contribution in [3.05, 3.63) is 58.9 Å². The van der Waals surface area contributed by atoms with Crippen LogP contribution in [0.3, 0.4) is 0 Å². The summed E-state index contributed by atoms with van der Waals surface area (Å²) in [6, 6.07) is 7.49. The van der Waals surface area contributed by atoms with Crippen molar-refractivity contribution in [2.75, 3.05) is 4.90 Å². The van der Waals surface area contributed by atoms with Gasteiger partial charge in [-0.25, -0.2) is 0 Å². The highest BCUT2D eigenvalue weighted by molar-refractivity contribution is 6.52. The Morgan fingerprint density at radius 3 is 2.70 bits per heavy atom. The molecule has 0 saturated heterocycles. The number of rotatable bonds is 2. The van der Waals surface area contributed by atoms with E-state index in [4.69, 9.17) is 0 Å². The molecule has 1 amide bonds. The van der Waals surface area contributed by atoms with Crippen molar-refractivity contribution >= 4 is 17.4 Å². The Bertz CT molecular complexity index is 708. The van der Waals surface area contributed by atoms with E-state index in [0.29, 0.717) is 12.1 Å². The molecule has 0 fully saturated rings. The third-order valence-electron chi connectivity index (χ3n) is 3.46. The lowest BCUT2D eigenvalue weighted by Crippen LogP contribution is -2.29. The highest BCUT2D eigenvalue weighted by Crippen LogP contribution is 2.34. The number of nitrogens with zero attached hydrogens (tertiary/aromatic N) is 2. The first-order chi connectivity index (χ1) is 9.58. The third kappa shape index (κ3) is 1.90. The summed E-state index contributed by atoms with van der Waals surface area (Å²) in [7, 11) is 0. The summed E-state index contributed by atoms with van der Waals surface area (Å²) in [5, 5.41) is 0. The second-order valence-electron chi connectivity index (χ2n) is 5.06. The van der Waals surface area contributed by atoms with Gasteiger partial charge in [0.2, 0.25) is 0 Å². The van der Waals surface area contributed by atoms with Crippen LogP contribution < -0.4 is 4.90 Å². The van der Waals surface area contributed by atoms with Gasteiger partial charge in [0.1, 0.15) is 0 Å². The van der Waals surface area contributed by atoms with Gasteiger partial charge in [-0.05, 0) is 42.7 Å². The summed E-state index contributed by atoms with van der Waals surface area (Å²) in [6.07, 6.45) is 3.39. The number of aromatic nitrogens is 1. The van der Waals surface area contributed by atoms with E-state index in [0.717, 1.165) is 22.4 Å². The molecular weight excluding hydrogens is 252 g/mol. The summed E-state index contributed by atoms with van der Waals surface area (Å²) in [6.45, 7) is 4.22. The average Bonchev–Trinajstić information content (AvgIpc) is 2.65. The molecule has 0 radical (unpaired) electrons. The van der Waals surface area contributed by atoms with Gasteiger partial charge in [-0.15, -0.1) is 0 Å². The summed E-state index contributed by atoms with van der Waals surface area (Å²) >= 11 is 0. The van der Waals surface area contributed by atoms with E-state index in [1.807, 2.05) is 32.0 Å². The Balaban J connectivity index is 2.07. The van der Waals surface area contributed by atoms with Gasteiger partial charge in [0.05, 0.1) is 17.8 Å². The van der Waals surface area contributed by atoms with Crippen LogP contribution >= 0.6 is 0 Å². The molecule has 0 spiro atoms. The molecule has 0 aliphatic carbocycles. The van der Waals surface area contributed by atoms with Crippen LogP contribution in [0.25, 0.3) is 0 Å². The smallest absolute Gasteiger partial charge is 0.299 e. The second-order valence-corrected chi connectivity index (χ2v) is 5.06. The SMILES string of the molecule is Cc1cc(C)c2c(c1)C(=O)C(=O)N2Cc1cccnc1. The molecule has 3 rings (SSSR count). The molecule has 4 nitrogen and oxygen atoms in total. The van der Waals surface area contributed by atoms with Crippen LogP contribution in [0.4, 0.5) is 5.69 Å². The van der Waals surface area contributed by atoms with Crippen molar-refractivity contribution in [2.24, 2.45) is 0 Å². The molecule has 0 bridgehead atoms. The Morgan fingerprint density at radius 2 is 2.00 bits per heavy atom. The molecule has 2 heterocycles. The van der Waals surface area contributed by atoms with Gasteiger partial charge in [-0.3, -0.25) is 14.6 Å². The van der Waals surface area contributed by atoms with Crippen LogP contribution in [0, 0.1) is 13.8 Å². The van der Waals surface area contributed by atoms with Crippen LogP contribution in [0.1, 0.15) is 27.0 Å². The minimum atomic E-state index is -0.461. The highest BCUT2D eigenvalue weighted by atomic mass is 16.2. The number of carbonyl (C=O) groups is 2. The van der Waals surface area contributed by atoms with Gasteiger partial charge in [0.15, 0.2) is 0 Å². The first kappa shape index (κ1) is 12.5. The minimum absolute atomic E-state index is 0.370. The number of carbonyl (C=O) groups excluding carboxylic acids is 2. The molecular formula is C16H14N2O2. The highest BCUT2D eigenvalue weighted by Gasteiger charge is 2.37. The van der Waals surface area contributed by atoms with E-state index in [1.165, 1.54) is 0 Å². The zero-order chi connectivity index (χ0) is 14.3. The molecule has 1 aromatic heterocycles. The number of benzene rings is 1. The maximum Gasteiger partial charge on any atom is 0.299 e. The zero-order valence-electron chi connectivity index (χ0n) is 11.4. The summed E-state index contributed by atoms with van der Waals surface area (Å²) in [4.78, 5) is 29.9. The Hall–Kier alpha value is -2.49. The predicted octanol–water partition coefficient (Wildman–Crippen LogP) is 2.43. The summed E-state index contributed by atoms with van der Waals surface area (Å²) in [5.74, 6) is -0.881. The third-order valence-corrected chi connectivity index (χ3v) is 3.46. The molecule has 1 aromatic carbocycles. The van der Waals surface area contributed by atoms with Crippen molar-refractivity contribution in [2.45, 2.75) is 20.4 Å². The van der Waals surface area contributed by atoms with Crippen molar-refractivity contribution in [1.82, 2.24) is 4.98 Å². The molecule has 2 aromatic rings. The van der Waals surface area contributed by atoms with Gasteiger partial charge < -0.3 is 4.90 Å². The quantitative estimate of drug-likeness (QED) is 0.784. The van der Waals surface area contributed by atoms with Crippen molar-refractivity contribution in [3.8, 4) is 0 Å². The van der Waals surface area contributed by atoms with Crippen LogP contribution in [0.5, 0.6) is 0 Å². The monoisotopic (exact) mass is 266 g/mol. The summed E-state index contributed by atoms with van der Waals surface area (Å²) in [5.41, 5.74) is 4.08. The van der Waals surface area contributed by atoms with Gasteiger partial charge >= 0.3 is 0 Å². The summed E-state index contributed by atoms with van der Waals surface area (Å²) < 4.78 is 0. The first-order valence-electron chi connectivity index (χ1n) is 6.44. The molecule has 4 heteroatoms. The maximum atomic E-state index is 12.2. The first-order valence-corrected chi connectivity index (χ1v) is 6.44. The lowest BCUT2D eigenvalue weighted by Gasteiger charge is -2.18. The van der Waals surface area contributed by atoms with Crippen molar-refractivity contribution < 1.29 is 9.59 Å². The number of anilines is 1. The van der Waals surface area contributed by atoms with E-state index in [2.05, 4.69) is 4.98 Å². The number of amides is 1. The zero-order valence-corrected chi connectivity index (χ0v) is 11.4. The Morgan fingerprint density at radius 1 is 1.20 bits per heavy atom. The van der Waals surface area contributed by atoms with E-state index in [1.54, 1.807) is 23.4 Å². The van der Waals surface area contributed by atoms with Gasteiger partial charge in [0.25, 0.3) is 11.7 Å². The fraction of sp³-hybridized carbons (Fsp3) is 0.188. The molecule has 0 unspecified atom stereocenters. The number of aryl methyl sites for hydroxylation is 2. The molecule has 0 N–H and O–H groups in total. The number of Topliss-reactive ketones (excluding diaryl/α,β-unsaturated/α-hetero) is 1. The van der Waals surface area contributed by atoms with Crippen LogP contribution in [-0.2, 0) is 11.3 Å². The average molecular weight is 266 g/mol. The number of pyridine rings is 1. The molecule has 0 saturated carbocycles. The molecule has 1 aliphatic heterocycles. The van der Waals surface area contributed by atoms with Crippen molar-refractivity contribution in [1.29, 1.82) is 0 Å². The Labute approximate surface area is 117 Å². The van der Waals surface area contributed by atoms with E-state index in [-0.39, 0.29) is 0 Å². The fourth-order valence-corrected chi connectivity index (χ4v) is 2.66. The molecule has 1 aliphatic rings. The van der Waals surface area contributed by atoms with Crippen molar-refractivity contribution in [3.63, 3.8) is 0 Å².